The number of carboxylic acid groups (broad SMARTS) is 1. The highest BCUT2D eigenvalue weighted by molar-refractivity contribution is 7.19. The van der Waals surface area contributed by atoms with Crippen molar-refractivity contribution in [2.75, 3.05) is 0 Å². The van der Waals surface area contributed by atoms with Crippen molar-refractivity contribution >= 4 is 22.3 Å². The molecular formula is C11H11F3N2O2S. The van der Waals surface area contributed by atoms with E-state index in [-0.39, 0.29) is 4.96 Å². The molecule has 0 spiro atoms. The number of hydrogen-bond donors (Lipinski definition) is 1. The molecule has 2 aromatic rings. The van der Waals surface area contributed by atoms with Gasteiger partial charge in [-0.2, -0.15) is 13.2 Å². The lowest BCUT2D eigenvalue weighted by atomic mass is 9.93. The van der Waals surface area contributed by atoms with Crippen LogP contribution in [-0.4, -0.2) is 20.5 Å². The Kier molecular flexibility index (Phi) is 2.89. The van der Waals surface area contributed by atoms with E-state index < -0.39 is 28.1 Å². The first-order valence-corrected chi connectivity index (χ1v) is 6.16. The standard InChI is InChI=1S/C11H11F3N2O2S/c1-10(2,3)5-4-16-7(11(12,13)14)6(8(17)18)19-9(16)15-5/h4H,1-3H3,(H,17,18). The molecule has 0 aliphatic rings. The van der Waals surface area contributed by atoms with Crippen molar-refractivity contribution in [1.82, 2.24) is 9.38 Å². The Bertz CT molecular complexity index is 649. The molecule has 0 atom stereocenters. The molecule has 0 bridgehead atoms. The number of rotatable bonds is 1. The Hall–Kier alpha value is -1.57. The first-order chi connectivity index (χ1) is 8.51. The third-order valence-electron chi connectivity index (χ3n) is 2.55. The van der Waals surface area contributed by atoms with E-state index >= 15 is 0 Å². The van der Waals surface area contributed by atoms with Gasteiger partial charge in [-0.25, -0.2) is 9.78 Å². The topological polar surface area (TPSA) is 54.6 Å². The van der Waals surface area contributed by atoms with Crippen molar-refractivity contribution in [3.05, 3.63) is 22.5 Å². The fourth-order valence-corrected chi connectivity index (χ4v) is 2.58. The molecule has 0 saturated carbocycles. The van der Waals surface area contributed by atoms with Crippen LogP contribution >= 0.6 is 11.3 Å². The molecule has 8 heteroatoms. The van der Waals surface area contributed by atoms with Crippen LogP contribution in [-0.2, 0) is 11.6 Å². The molecule has 0 aliphatic heterocycles. The maximum atomic E-state index is 13.0. The van der Waals surface area contributed by atoms with Gasteiger partial charge in [0.1, 0.15) is 4.88 Å². The summed E-state index contributed by atoms with van der Waals surface area (Å²) in [6.45, 7) is 5.47. The molecule has 2 heterocycles. The van der Waals surface area contributed by atoms with Gasteiger partial charge in [0.2, 0.25) is 0 Å². The zero-order chi connectivity index (χ0) is 14.6. The zero-order valence-electron chi connectivity index (χ0n) is 10.4. The van der Waals surface area contributed by atoms with Crippen molar-refractivity contribution in [2.45, 2.75) is 32.4 Å². The first kappa shape index (κ1) is 13.9. The highest BCUT2D eigenvalue weighted by atomic mass is 32.1. The Morgan fingerprint density at radius 3 is 2.37 bits per heavy atom. The number of halogens is 3. The van der Waals surface area contributed by atoms with E-state index in [1.54, 1.807) is 0 Å². The molecule has 2 aromatic heterocycles. The molecule has 0 saturated heterocycles. The van der Waals surface area contributed by atoms with E-state index in [1.807, 2.05) is 20.8 Å². The van der Waals surface area contributed by atoms with Crippen LogP contribution in [0, 0.1) is 0 Å². The lowest BCUT2D eigenvalue weighted by Crippen LogP contribution is -2.14. The highest BCUT2D eigenvalue weighted by Crippen LogP contribution is 2.38. The number of aromatic nitrogens is 2. The van der Waals surface area contributed by atoms with Crippen LogP contribution in [0.1, 0.15) is 41.8 Å². The number of thiazole rings is 1. The van der Waals surface area contributed by atoms with Crippen LogP contribution in [0.3, 0.4) is 0 Å². The largest absolute Gasteiger partial charge is 0.477 e. The molecule has 0 fully saturated rings. The minimum Gasteiger partial charge on any atom is -0.477 e. The molecule has 4 nitrogen and oxygen atoms in total. The molecule has 0 unspecified atom stereocenters. The summed E-state index contributed by atoms with van der Waals surface area (Å²) in [5.74, 6) is -1.60. The highest BCUT2D eigenvalue weighted by Gasteiger charge is 2.41. The van der Waals surface area contributed by atoms with Crippen LogP contribution in [0.4, 0.5) is 13.2 Å². The van der Waals surface area contributed by atoms with Gasteiger partial charge in [-0.3, -0.25) is 4.40 Å². The summed E-state index contributed by atoms with van der Waals surface area (Å²) in [5.41, 5.74) is -1.10. The van der Waals surface area contributed by atoms with Crippen molar-refractivity contribution in [2.24, 2.45) is 0 Å². The number of alkyl halides is 3. The number of carbonyl (C=O) groups is 1. The normalized spacial score (nSPS) is 13.2. The average molecular weight is 292 g/mol. The Morgan fingerprint density at radius 1 is 1.37 bits per heavy atom. The SMILES string of the molecule is CC(C)(C)c1cn2c(C(F)(F)F)c(C(=O)O)sc2n1. The minimum absolute atomic E-state index is 0.0367. The fraction of sp³-hybridized carbons (Fsp3) is 0.455. The van der Waals surface area contributed by atoms with Crippen molar-refractivity contribution in [3.8, 4) is 0 Å². The van der Waals surface area contributed by atoms with Gasteiger partial charge in [-0.15, -0.1) is 0 Å². The van der Waals surface area contributed by atoms with Gasteiger partial charge in [0.05, 0.1) is 5.69 Å². The second kappa shape index (κ2) is 3.96. The van der Waals surface area contributed by atoms with Gasteiger partial charge in [0.25, 0.3) is 0 Å². The van der Waals surface area contributed by atoms with Crippen LogP contribution in [0.25, 0.3) is 4.96 Å². The third kappa shape index (κ3) is 2.32. The van der Waals surface area contributed by atoms with Gasteiger partial charge >= 0.3 is 12.1 Å². The van der Waals surface area contributed by atoms with Crippen LogP contribution in [0.5, 0.6) is 0 Å². The first-order valence-electron chi connectivity index (χ1n) is 5.34. The quantitative estimate of drug-likeness (QED) is 0.876. The van der Waals surface area contributed by atoms with Crippen LogP contribution in [0.2, 0.25) is 0 Å². The van der Waals surface area contributed by atoms with E-state index in [2.05, 4.69) is 4.98 Å². The summed E-state index contributed by atoms with van der Waals surface area (Å²) < 4.78 is 39.7. The number of nitrogens with zero attached hydrogens (tertiary/aromatic N) is 2. The van der Waals surface area contributed by atoms with Gasteiger partial charge in [-0.1, -0.05) is 32.1 Å². The van der Waals surface area contributed by atoms with Gasteiger partial charge in [-0.05, 0) is 0 Å². The molecule has 0 aromatic carbocycles. The molecule has 1 N–H and O–H groups in total. The third-order valence-corrected chi connectivity index (χ3v) is 3.60. The zero-order valence-corrected chi connectivity index (χ0v) is 11.2. The Labute approximate surface area is 110 Å². The predicted octanol–water partition coefficient (Wildman–Crippen LogP) is 3.41. The van der Waals surface area contributed by atoms with E-state index in [9.17, 15) is 18.0 Å². The van der Waals surface area contributed by atoms with Gasteiger partial charge in [0, 0.05) is 11.6 Å². The smallest absolute Gasteiger partial charge is 0.433 e. The molecule has 0 radical (unpaired) electrons. The van der Waals surface area contributed by atoms with E-state index in [4.69, 9.17) is 5.11 Å². The van der Waals surface area contributed by atoms with E-state index in [0.29, 0.717) is 17.0 Å². The number of hydrogen-bond acceptors (Lipinski definition) is 3. The van der Waals surface area contributed by atoms with Gasteiger partial charge in [0.15, 0.2) is 10.7 Å². The predicted molar refractivity (Wildman–Crippen MR) is 63.7 cm³/mol. The number of aromatic carboxylic acids is 1. The van der Waals surface area contributed by atoms with Crippen molar-refractivity contribution in [1.29, 1.82) is 0 Å². The second-order valence-electron chi connectivity index (χ2n) is 5.11. The molecule has 0 aliphatic carbocycles. The van der Waals surface area contributed by atoms with Gasteiger partial charge < -0.3 is 5.11 Å². The Balaban J connectivity index is 2.76. The van der Waals surface area contributed by atoms with Crippen LogP contribution in [0.15, 0.2) is 6.20 Å². The number of fused-ring (bicyclic) bond motifs is 1. The van der Waals surface area contributed by atoms with Crippen molar-refractivity contribution < 1.29 is 23.1 Å². The molecule has 2 rings (SSSR count). The van der Waals surface area contributed by atoms with E-state index in [0.717, 1.165) is 4.40 Å². The van der Waals surface area contributed by atoms with Crippen molar-refractivity contribution in [3.63, 3.8) is 0 Å². The number of imidazole rings is 1. The maximum Gasteiger partial charge on any atom is 0.433 e. The number of carboxylic acids is 1. The second-order valence-corrected chi connectivity index (χ2v) is 6.09. The molecule has 104 valence electrons. The summed E-state index contributed by atoms with van der Waals surface area (Å²) in [4.78, 5) is 14.3. The summed E-state index contributed by atoms with van der Waals surface area (Å²) >= 11 is 0.528. The average Bonchev–Trinajstić information content (AvgIpc) is 2.67. The molecule has 19 heavy (non-hydrogen) atoms. The monoisotopic (exact) mass is 292 g/mol. The lowest BCUT2D eigenvalue weighted by molar-refractivity contribution is -0.142. The molecular weight excluding hydrogens is 281 g/mol. The Morgan fingerprint density at radius 2 is 1.95 bits per heavy atom. The van der Waals surface area contributed by atoms with E-state index in [1.165, 1.54) is 6.20 Å². The summed E-state index contributed by atoms with van der Waals surface area (Å²) in [6, 6.07) is 0. The maximum absolute atomic E-state index is 13.0. The summed E-state index contributed by atoms with van der Waals surface area (Å²) in [6.07, 6.45) is -3.48. The minimum atomic E-state index is -4.73. The summed E-state index contributed by atoms with van der Waals surface area (Å²) in [7, 11) is 0. The summed E-state index contributed by atoms with van der Waals surface area (Å²) in [5, 5.41) is 8.85. The lowest BCUT2D eigenvalue weighted by Gasteiger charge is -2.14. The fourth-order valence-electron chi connectivity index (χ4n) is 1.62. The molecule has 0 amide bonds. The van der Waals surface area contributed by atoms with Crippen LogP contribution < -0.4 is 0 Å².